The highest BCUT2D eigenvalue weighted by molar-refractivity contribution is 7.91. The van der Waals surface area contributed by atoms with Crippen molar-refractivity contribution in [2.75, 3.05) is 5.75 Å². The Morgan fingerprint density at radius 3 is 2.14 bits per heavy atom. The van der Waals surface area contributed by atoms with Gasteiger partial charge in [-0.2, -0.15) is 5.26 Å². The molecule has 1 aromatic rings. The summed E-state index contributed by atoms with van der Waals surface area (Å²) in [6.45, 7) is 0. The van der Waals surface area contributed by atoms with E-state index in [1.807, 2.05) is 0 Å². The van der Waals surface area contributed by atoms with Crippen LogP contribution in [0.25, 0.3) is 0 Å². The standard InChI is InChI=1S/C8H5F2NO2S/c9-6-3-7(10)5-8(4-6)14(12,13)2-1-11/h3-5H,2H2. The summed E-state index contributed by atoms with van der Waals surface area (Å²) in [7, 11) is -3.90. The van der Waals surface area contributed by atoms with Gasteiger partial charge in [0, 0.05) is 6.07 Å². The normalized spacial score (nSPS) is 10.9. The van der Waals surface area contributed by atoms with Crippen LogP contribution in [-0.4, -0.2) is 14.2 Å². The van der Waals surface area contributed by atoms with E-state index in [0.717, 1.165) is 0 Å². The number of nitrogens with zero attached hydrogens (tertiary/aromatic N) is 1. The van der Waals surface area contributed by atoms with Crippen molar-refractivity contribution in [2.45, 2.75) is 4.90 Å². The van der Waals surface area contributed by atoms with Crippen molar-refractivity contribution in [2.24, 2.45) is 0 Å². The van der Waals surface area contributed by atoms with Gasteiger partial charge in [0.05, 0.1) is 11.0 Å². The first kappa shape index (κ1) is 10.6. The molecule has 0 saturated heterocycles. The molecule has 0 radical (unpaired) electrons. The number of nitriles is 1. The highest BCUT2D eigenvalue weighted by Gasteiger charge is 2.15. The first-order valence-electron chi connectivity index (χ1n) is 3.51. The molecule has 0 amide bonds. The average molecular weight is 217 g/mol. The Bertz CT molecular complexity index is 470. The van der Waals surface area contributed by atoms with Gasteiger partial charge in [0.2, 0.25) is 0 Å². The van der Waals surface area contributed by atoms with Crippen molar-refractivity contribution in [1.29, 1.82) is 5.26 Å². The summed E-state index contributed by atoms with van der Waals surface area (Å²) in [4.78, 5) is -0.517. The number of sulfone groups is 1. The van der Waals surface area contributed by atoms with Crippen molar-refractivity contribution in [3.8, 4) is 6.07 Å². The smallest absolute Gasteiger partial charge is 0.191 e. The van der Waals surface area contributed by atoms with E-state index in [9.17, 15) is 17.2 Å². The maximum Gasteiger partial charge on any atom is 0.191 e. The molecule has 6 heteroatoms. The number of rotatable bonds is 2. The minimum atomic E-state index is -3.90. The Kier molecular flexibility index (Phi) is 2.81. The van der Waals surface area contributed by atoms with Crippen LogP contribution < -0.4 is 0 Å². The molecule has 0 saturated carbocycles. The predicted octanol–water partition coefficient (Wildman–Crippen LogP) is 1.26. The molecule has 14 heavy (non-hydrogen) atoms. The molecule has 0 unspecified atom stereocenters. The predicted molar refractivity (Wildman–Crippen MR) is 44.0 cm³/mol. The Morgan fingerprint density at radius 2 is 1.71 bits per heavy atom. The van der Waals surface area contributed by atoms with Gasteiger partial charge in [0.25, 0.3) is 0 Å². The highest BCUT2D eigenvalue weighted by Crippen LogP contribution is 2.14. The van der Waals surface area contributed by atoms with Crippen LogP contribution >= 0.6 is 0 Å². The van der Waals surface area contributed by atoms with Crippen LogP contribution in [-0.2, 0) is 9.84 Å². The zero-order chi connectivity index (χ0) is 10.8. The minimum Gasteiger partial charge on any atom is -0.223 e. The van der Waals surface area contributed by atoms with Gasteiger partial charge in [-0.05, 0) is 12.1 Å². The van der Waals surface area contributed by atoms with Gasteiger partial charge >= 0.3 is 0 Å². The molecule has 0 N–H and O–H groups in total. The Balaban J connectivity index is 3.28. The fourth-order valence-corrected chi connectivity index (χ4v) is 1.80. The van der Waals surface area contributed by atoms with Crippen LogP contribution in [0, 0.1) is 23.0 Å². The second-order valence-corrected chi connectivity index (χ2v) is 4.51. The quantitative estimate of drug-likeness (QED) is 0.749. The lowest BCUT2D eigenvalue weighted by atomic mass is 10.3. The van der Waals surface area contributed by atoms with Gasteiger partial charge in [0.15, 0.2) is 9.84 Å². The molecule has 0 fully saturated rings. The van der Waals surface area contributed by atoms with E-state index in [4.69, 9.17) is 5.26 Å². The van der Waals surface area contributed by atoms with Crippen LogP contribution in [0.15, 0.2) is 23.1 Å². The molecule has 1 aromatic carbocycles. The maximum absolute atomic E-state index is 12.6. The fraction of sp³-hybridized carbons (Fsp3) is 0.125. The summed E-state index contributed by atoms with van der Waals surface area (Å²) in [5.41, 5.74) is 0. The molecule has 0 bridgehead atoms. The number of hydrogen-bond acceptors (Lipinski definition) is 3. The van der Waals surface area contributed by atoms with Gasteiger partial charge in [-0.15, -0.1) is 0 Å². The Morgan fingerprint density at radius 1 is 1.21 bits per heavy atom. The van der Waals surface area contributed by atoms with E-state index >= 15 is 0 Å². The van der Waals surface area contributed by atoms with Crippen molar-refractivity contribution in [3.05, 3.63) is 29.8 Å². The number of halogens is 2. The minimum absolute atomic E-state index is 0.517. The van der Waals surface area contributed by atoms with Crippen LogP contribution in [0.5, 0.6) is 0 Å². The monoisotopic (exact) mass is 217 g/mol. The van der Waals surface area contributed by atoms with Crippen molar-refractivity contribution >= 4 is 9.84 Å². The third kappa shape index (κ3) is 2.26. The van der Waals surface area contributed by atoms with Gasteiger partial charge in [-0.1, -0.05) is 0 Å². The van der Waals surface area contributed by atoms with E-state index in [0.29, 0.717) is 18.2 Å². The second-order valence-electron chi connectivity index (χ2n) is 2.52. The maximum atomic E-state index is 12.6. The lowest BCUT2D eigenvalue weighted by Crippen LogP contribution is -2.05. The molecule has 74 valence electrons. The molecule has 0 aliphatic rings. The van der Waals surface area contributed by atoms with Gasteiger partial charge in [-0.3, -0.25) is 0 Å². The fourth-order valence-electron chi connectivity index (χ4n) is 0.876. The SMILES string of the molecule is N#CCS(=O)(=O)c1cc(F)cc(F)c1. The lowest BCUT2D eigenvalue weighted by molar-refractivity contribution is 0.568. The molecule has 0 spiro atoms. The molecule has 3 nitrogen and oxygen atoms in total. The summed E-state index contributed by atoms with van der Waals surface area (Å²) in [5, 5.41) is 8.19. The molecular weight excluding hydrogens is 212 g/mol. The molecule has 0 atom stereocenters. The van der Waals surface area contributed by atoms with Crippen molar-refractivity contribution in [3.63, 3.8) is 0 Å². The van der Waals surface area contributed by atoms with Crippen LogP contribution in [0.2, 0.25) is 0 Å². The van der Waals surface area contributed by atoms with E-state index < -0.39 is 32.1 Å². The topological polar surface area (TPSA) is 57.9 Å². The summed E-state index contributed by atoms with van der Waals surface area (Å²) in [5.74, 6) is -2.77. The van der Waals surface area contributed by atoms with E-state index in [1.54, 1.807) is 0 Å². The Hall–Kier alpha value is -1.48. The first-order valence-corrected chi connectivity index (χ1v) is 5.17. The summed E-state index contributed by atoms with van der Waals surface area (Å²) >= 11 is 0. The van der Waals surface area contributed by atoms with Gasteiger partial charge in [-0.25, -0.2) is 17.2 Å². The van der Waals surface area contributed by atoms with E-state index in [1.165, 1.54) is 6.07 Å². The number of hydrogen-bond donors (Lipinski definition) is 0. The third-order valence-corrected chi connectivity index (χ3v) is 2.91. The summed E-state index contributed by atoms with van der Waals surface area (Å²) < 4.78 is 47.6. The highest BCUT2D eigenvalue weighted by atomic mass is 32.2. The summed E-state index contributed by atoms with van der Waals surface area (Å²) in [6.07, 6.45) is 0. The second kappa shape index (κ2) is 3.72. The zero-order valence-electron chi connectivity index (χ0n) is 6.87. The van der Waals surface area contributed by atoms with Gasteiger partial charge in [0.1, 0.15) is 17.4 Å². The average Bonchev–Trinajstić information content (AvgIpc) is 2.02. The molecule has 0 aliphatic carbocycles. The van der Waals surface area contributed by atoms with Crippen LogP contribution in [0.4, 0.5) is 8.78 Å². The van der Waals surface area contributed by atoms with Crippen molar-refractivity contribution < 1.29 is 17.2 Å². The number of benzene rings is 1. The lowest BCUT2D eigenvalue weighted by Gasteiger charge is -1.99. The Labute approximate surface area is 79.5 Å². The molecular formula is C8H5F2NO2S. The zero-order valence-corrected chi connectivity index (χ0v) is 7.68. The first-order chi connectivity index (χ1) is 6.45. The molecule has 0 aliphatic heterocycles. The van der Waals surface area contributed by atoms with Crippen LogP contribution in [0.1, 0.15) is 0 Å². The third-order valence-electron chi connectivity index (χ3n) is 1.45. The van der Waals surface area contributed by atoms with Crippen LogP contribution in [0.3, 0.4) is 0 Å². The van der Waals surface area contributed by atoms with E-state index in [2.05, 4.69) is 0 Å². The largest absolute Gasteiger partial charge is 0.223 e. The van der Waals surface area contributed by atoms with E-state index in [-0.39, 0.29) is 0 Å². The van der Waals surface area contributed by atoms with Crippen molar-refractivity contribution in [1.82, 2.24) is 0 Å². The molecule has 0 aromatic heterocycles. The van der Waals surface area contributed by atoms with Gasteiger partial charge < -0.3 is 0 Å². The molecule has 0 heterocycles. The summed E-state index contributed by atoms with van der Waals surface area (Å²) in [6, 6.07) is 3.33. The molecule has 1 rings (SSSR count).